The lowest BCUT2D eigenvalue weighted by atomic mass is 9.95. The second kappa shape index (κ2) is 4.64. The van der Waals surface area contributed by atoms with Crippen LogP contribution >= 0.6 is 0 Å². The monoisotopic (exact) mass is 183 g/mol. The largest absolute Gasteiger partial charge is 0.342 e. The van der Waals surface area contributed by atoms with Crippen LogP contribution in [-0.2, 0) is 4.79 Å². The third-order valence-electron chi connectivity index (χ3n) is 2.90. The first-order chi connectivity index (χ1) is 6.15. The van der Waals surface area contributed by atoms with Gasteiger partial charge in [0.25, 0.3) is 0 Å². The Morgan fingerprint density at radius 1 is 1.54 bits per heavy atom. The molecule has 0 aromatic rings. The highest BCUT2D eigenvalue weighted by Crippen LogP contribution is 2.20. The van der Waals surface area contributed by atoms with Gasteiger partial charge in [-0.15, -0.1) is 0 Å². The van der Waals surface area contributed by atoms with E-state index < -0.39 is 0 Å². The van der Waals surface area contributed by atoms with Crippen LogP contribution in [0, 0.1) is 11.8 Å². The Morgan fingerprint density at radius 3 is 2.77 bits per heavy atom. The Balaban J connectivity index is 2.46. The van der Waals surface area contributed by atoms with Crippen molar-refractivity contribution in [3.8, 4) is 0 Å². The summed E-state index contributed by atoms with van der Waals surface area (Å²) in [5.74, 6) is 1.24. The average Bonchev–Trinajstić information content (AvgIpc) is 2.16. The van der Waals surface area contributed by atoms with Crippen molar-refractivity contribution in [1.82, 2.24) is 4.90 Å². The fourth-order valence-electron chi connectivity index (χ4n) is 1.96. The van der Waals surface area contributed by atoms with E-state index in [1.165, 1.54) is 19.3 Å². The maximum atomic E-state index is 11.7. The molecule has 0 spiro atoms. The van der Waals surface area contributed by atoms with Crippen LogP contribution in [0.25, 0.3) is 0 Å². The SMILES string of the molecule is CC[C@H]1CCCN(C(=O)C(C)C)C1. The van der Waals surface area contributed by atoms with E-state index in [1.807, 2.05) is 18.7 Å². The zero-order valence-corrected chi connectivity index (χ0v) is 9.05. The van der Waals surface area contributed by atoms with Crippen molar-refractivity contribution in [1.29, 1.82) is 0 Å². The molecule has 1 aliphatic rings. The number of rotatable bonds is 2. The quantitative estimate of drug-likeness (QED) is 0.643. The molecule has 1 atom stereocenters. The molecule has 2 nitrogen and oxygen atoms in total. The number of amides is 1. The van der Waals surface area contributed by atoms with Crippen molar-refractivity contribution in [2.24, 2.45) is 11.8 Å². The number of nitrogens with zero attached hydrogens (tertiary/aromatic N) is 1. The van der Waals surface area contributed by atoms with Crippen LogP contribution in [0.5, 0.6) is 0 Å². The molecule has 1 saturated heterocycles. The molecule has 1 aliphatic heterocycles. The molecule has 0 saturated carbocycles. The van der Waals surface area contributed by atoms with Crippen LogP contribution in [0.2, 0.25) is 0 Å². The van der Waals surface area contributed by atoms with Gasteiger partial charge < -0.3 is 4.90 Å². The fraction of sp³-hybridized carbons (Fsp3) is 0.909. The van der Waals surface area contributed by atoms with Crippen molar-refractivity contribution in [2.75, 3.05) is 13.1 Å². The molecule has 2 heteroatoms. The van der Waals surface area contributed by atoms with Crippen molar-refractivity contribution >= 4 is 5.91 Å². The summed E-state index contributed by atoms with van der Waals surface area (Å²) < 4.78 is 0. The molecule has 0 unspecified atom stereocenters. The molecule has 1 amide bonds. The highest BCUT2D eigenvalue weighted by Gasteiger charge is 2.23. The Bertz CT molecular complexity index is 177. The van der Waals surface area contributed by atoms with Crippen molar-refractivity contribution < 1.29 is 4.79 Å². The van der Waals surface area contributed by atoms with Gasteiger partial charge in [0.05, 0.1) is 0 Å². The number of hydrogen-bond acceptors (Lipinski definition) is 1. The van der Waals surface area contributed by atoms with Gasteiger partial charge in [-0.25, -0.2) is 0 Å². The summed E-state index contributed by atoms with van der Waals surface area (Å²) in [6.07, 6.45) is 3.71. The lowest BCUT2D eigenvalue weighted by Crippen LogP contribution is -2.41. The molecule has 1 rings (SSSR count). The molecule has 76 valence electrons. The number of hydrogen-bond donors (Lipinski definition) is 0. The third-order valence-corrected chi connectivity index (χ3v) is 2.90. The highest BCUT2D eigenvalue weighted by atomic mass is 16.2. The van der Waals surface area contributed by atoms with Gasteiger partial charge in [0.15, 0.2) is 0 Å². The Labute approximate surface area is 81.3 Å². The van der Waals surface area contributed by atoms with E-state index in [1.54, 1.807) is 0 Å². The molecule has 13 heavy (non-hydrogen) atoms. The minimum absolute atomic E-state index is 0.163. The molecule has 0 N–H and O–H groups in total. The molecule has 0 aliphatic carbocycles. The molecule has 0 aromatic heterocycles. The van der Waals surface area contributed by atoms with E-state index >= 15 is 0 Å². The molecule has 0 aromatic carbocycles. The summed E-state index contributed by atoms with van der Waals surface area (Å²) in [6.45, 7) is 8.16. The second-order valence-electron chi connectivity index (χ2n) is 4.36. The summed E-state index contributed by atoms with van der Waals surface area (Å²) >= 11 is 0. The predicted octanol–water partition coefficient (Wildman–Crippen LogP) is 2.29. The summed E-state index contributed by atoms with van der Waals surface area (Å²) in [7, 11) is 0. The lowest BCUT2D eigenvalue weighted by Gasteiger charge is -2.33. The van der Waals surface area contributed by atoms with Gasteiger partial charge in [-0.05, 0) is 18.8 Å². The minimum atomic E-state index is 0.163. The van der Waals surface area contributed by atoms with Crippen LogP contribution in [-0.4, -0.2) is 23.9 Å². The van der Waals surface area contributed by atoms with E-state index in [2.05, 4.69) is 6.92 Å². The van der Waals surface area contributed by atoms with Gasteiger partial charge in [0, 0.05) is 19.0 Å². The summed E-state index contributed by atoms with van der Waals surface area (Å²) in [6, 6.07) is 0. The summed E-state index contributed by atoms with van der Waals surface area (Å²) in [5.41, 5.74) is 0. The topological polar surface area (TPSA) is 20.3 Å². The molecular weight excluding hydrogens is 162 g/mol. The lowest BCUT2D eigenvalue weighted by molar-refractivity contribution is -0.136. The van der Waals surface area contributed by atoms with Crippen LogP contribution in [0.4, 0.5) is 0 Å². The Hall–Kier alpha value is -0.530. The van der Waals surface area contributed by atoms with E-state index in [4.69, 9.17) is 0 Å². The van der Waals surface area contributed by atoms with Crippen LogP contribution in [0.3, 0.4) is 0 Å². The maximum absolute atomic E-state index is 11.7. The molecule has 1 fully saturated rings. The fourth-order valence-corrected chi connectivity index (χ4v) is 1.96. The van der Waals surface area contributed by atoms with Crippen molar-refractivity contribution in [3.63, 3.8) is 0 Å². The van der Waals surface area contributed by atoms with Crippen molar-refractivity contribution in [3.05, 3.63) is 0 Å². The van der Waals surface area contributed by atoms with E-state index in [9.17, 15) is 4.79 Å². The van der Waals surface area contributed by atoms with Gasteiger partial charge >= 0.3 is 0 Å². The van der Waals surface area contributed by atoms with Gasteiger partial charge in [-0.3, -0.25) is 4.79 Å². The Kier molecular flexibility index (Phi) is 3.76. The van der Waals surface area contributed by atoms with Crippen LogP contribution in [0.15, 0.2) is 0 Å². The predicted molar refractivity (Wildman–Crippen MR) is 54.4 cm³/mol. The third kappa shape index (κ3) is 2.71. The van der Waals surface area contributed by atoms with Crippen molar-refractivity contribution in [2.45, 2.75) is 40.0 Å². The zero-order valence-electron chi connectivity index (χ0n) is 9.05. The summed E-state index contributed by atoms with van der Waals surface area (Å²) in [4.78, 5) is 13.7. The molecule has 0 bridgehead atoms. The van der Waals surface area contributed by atoms with Gasteiger partial charge in [-0.2, -0.15) is 0 Å². The van der Waals surface area contributed by atoms with E-state index in [0.29, 0.717) is 5.91 Å². The summed E-state index contributed by atoms with van der Waals surface area (Å²) in [5, 5.41) is 0. The van der Waals surface area contributed by atoms with E-state index in [-0.39, 0.29) is 5.92 Å². The minimum Gasteiger partial charge on any atom is -0.342 e. The zero-order chi connectivity index (χ0) is 9.84. The Morgan fingerprint density at radius 2 is 2.23 bits per heavy atom. The number of piperidine rings is 1. The molecule has 1 heterocycles. The number of carbonyl (C=O) groups is 1. The van der Waals surface area contributed by atoms with E-state index in [0.717, 1.165) is 19.0 Å². The first-order valence-corrected chi connectivity index (χ1v) is 5.44. The van der Waals surface area contributed by atoms with Crippen LogP contribution < -0.4 is 0 Å². The van der Waals surface area contributed by atoms with Crippen LogP contribution in [0.1, 0.15) is 40.0 Å². The first kappa shape index (κ1) is 10.6. The number of carbonyl (C=O) groups excluding carboxylic acids is 1. The van der Waals surface area contributed by atoms with Gasteiger partial charge in [-0.1, -0.05) is 27.2 Å². The first-order valence-electron chi connectivity index (χ1n) is 5.44. The molecule has 0 radical (unpaired) electrons. The second-order valence-corrected chi connectivity index (χ2v) is 4.36. The smallest absolute Gasteiger partial charge is 0.225 e. The number of likely N-dealkylation sites (tertiary alicyclic amines) is 1. The standard InChI is InChI=1S/C11H21NO/c1-4-10-6-5-7-12(8-10)11(13)9(2)3/h9-10H,4-8H2,1-3H3/t10-/m0/s1. The maximum Gasteiger partial charge on any atom is 0.225 e. The highest BCUT2D eigenvalue weighted by molar-refractivity contribution is 5.78. The molecular formula is C11H21NO. The average molecular weight is 183 g/mol. The van der Waals surface area contributed by atoms with Gasteiger partial charge in [0.2, 0.25) is 5.91 Å². The normalized spacial score (nSPS) is 23.7. The van der Waals surface area contributed by atoms with Gasteiger partial charge in [0.1, 0.15) is 0 Å².